The van der Waals surface area contributed by atoms with Gasteiger partial charge in [-0.25, -0.2) is 0 Å². The molecule has 1 aromatic heterocycles. The second kappa shape index (κ2) is 7.63. The van der Waals surface area contributed by atoms with Gasteiger partial charge in [0, 0.05) is 25.4 Å². The summed E-state index contributed by atoms with van der Waals surface area (Å²) in [5.41, 5.74) is 2.81. The number of carbonyl (C=O) groups excluding carboxylic acids is 2. The molecule has 2 aromatic rings. The second-order valence-corrected chi connectivity index (χ2v) is 6.95. The van der Waals surface area contributed by atoms with Crippen LogP contribution in [0.3, 0.4) is 0 Å². The molecule has 3 heterocycles. The number of hydrogen-bond donors (Lipinski definition) is 3. The third-order valence-corrected chi connectivity index (χ3v) is 5.21. The number of fused-ring (bicyclic) bond motifs is 1. The van der Waals surface area contributed by atoms with Gasteiger partial charge in [-0.1, -0.05) is 12.1 Å². The summed E-state index contributed by atoms with van der Waals surface area (Å²) in [6.07, 6.45) is 2.07. The molecular formula is C18H24ClN5O2. The van der Waals surface area contributed by atoms with Crippen LogP contribution in [0.2, 0.25) is 0 Å². The van der Waals surface area contributed by atoms with Crippen LogP contribution < -0.4 is 16.0 Å². The molecule has 0 saturated carbocycles. The molecule has 8 heteroatoms. The first-order valence-corrected chi connectivity index (χ1v) is 8.87. The third-order valence-electron chi connectivity index (χ3n) is 5.21. The molecule has 1 unspecified atom stereocenters. The first-order chi connectivity index (χ1) is 12.1. The Labute approximate surface area is 158 Å². The van der Waals surface area contributed by atoms with Crippen molar-refractivity contribution in [2.45, 2.75) is 25.2 Å². The molecule has 0 aliphatic carbocycles. The molecule has 2 saturated heterocycles. The predicted octanol–water partition coefficient (Wildman–Crippen LogP) is 1.54. The van der Waals surface area contributed by atoms with Gasteiger partial charge in [0.15, 0.2) is 0 Å². The van der Waals surface area contributed by atoms with E-state index in [1.807, 2.05) is 23.9 Å². The van der Waals surface area contributed by atoms with Gasteiger partial charge < -0.3 is 10.6 Å². The fourth-order valence-electron chi connectivity index (χ4n) is 3.86. The van der Waals surface area contributed by atoms with Gasteiger partial charge in [0.25, 0.3) is 0 Å². The van der Waals surface area contributed by atoms with Gasteiger partial charge in [-0.15, -0.1) is 12.4 Å². The highest BCUT2D eigenvalue weighted by molar-refractivity contribution is 6.03. The van der Waals surface area contributed by atoms with Crippen molar-refractivity contribution in [3.63, 3.8) is 0 Å². The van der Waals surface area contributed by atoms with E-state index in [4.69, 9.17) is 0 Å². The number of carbonyl (C=O) groups is 2. The first kappa shape index (κ1) is 18.7. The molecular weight excluding hydrogens is 354 g/mol. The van der Waals surface area contributed by atoms with Gasteiger partial charge in [-0.3, -0.25) is 19.6 Å². The average Bonchev–Trinajstić information content (AvgIpc) is 3.22. The molecule has 3 N–H and O–H groups in total. The molecule has 1 aromatic carbocycles. The van der Waals surface area contributed by atoms with Crippen molar-refractivity contribution in [3.05, 3.63) is 23.9 Å². The summed E-state index contributed by atoms with van der Waals surface area (Å²) in [5, 5.41) is 15.0. The number of benzene rings is 1. The number of para-hydroxylation sites is 1. The Morgan fingerprint density at radius 2 is 2.15 bits per heavy atom. The molecule has 7 nitrogen and oxygen atoms in total. The minimum absolute atomic E-state index is 0. The normalized spacial score (nSPS) is 23.0. The van der Waals surface area contributed by atoms with Crippen molar-refractivity contribution in [2.24, 2.45) is 13.0 Å². The zero-order valence-electron chi connectivity index (χ0n) is 14.7. The maximum atomic E-state index is 12.2. The monoisotopic (exact) mass is 377 g/mol. The van der Waals surface area contributed by atoms with Gasteiger partial charge in [0.2, 0.25) is 11.8 Å². The van der Waals surface area contributed by atoms with E-state index >= 15 is 0 Å². The molecule has 2 amide bonds. The van der Waals surface area contributed by atoms with Gasteiger partial charge in [0.1, 0.15) is 0 Å². The van der Waals surface area contributed by atoms with Gasteiger partial charge in [-0.05, 0) is 37.9 Å². The quantitative estimate of drug-likeness (QED) is 0.703. The van der Waals surface area contributed by atoms with Crippen molar-refractivity contribution >= 4 is 40.8 Å². The van der Waals surface area contributed by atoms with E-state index in [0.717, 1.165) is 41.9 Å². The van der Waals surface area contributed by atoms with Gasteiger partial charge in [-0.2, -0.15) is 5.10 Å². The summed E-state index contributed by atoms with van der Waals surface area (Å²) in [4.78, 5) is 23.7. The van der Waals surface area contributed by atoms with E-state index in [1.54, 1.807) is 0 Å². The predicted molar refractivity (Wildman–Crippen MR) is 103 cm³/mol. The largest absolute Gasteiger partial charge is 0.383 e. The lowest BCUT2D eigenvalue weighted by Crippen LogP contribution is -2.39. The number of aryl methyl sites for hydroxylation is 1. The number of halogens is 1. The summed E-state index contributed by atoms with van der Waals surface area (Å²) in [7, 11) is 1.90. The summed E-state index contributed by atoms with van der Waals surface area (Å²) < 4.78 is 1.84. The third kappa shape index (κ3) is 3.41. The van der Waals surface area contributed by atoms with Crippen LogP contribution in [0.1, 0.15) is 30.9 Å². The van der Waals surface area contributed by atoms with Crippen LogP contribution in [-0.2, 0) is 16.6 Å². The van der Waals surface area contributed by atoms with E-state index in [0.29, 0.717) is 18.8 Å². The standard InChI is InChI=1S/C18H23N5O2.ClH/c1-23-17-12(16(22-23)13-5-6-15(24)21-18(13)25)3-2-4-14(17)20-10-11-7-8-19-9-11;/h2-4,11,13,19-20H,5-10H2,1H3,(H,21,24,25);1H/t11-,13?;/m0./s1. The lowest BCUT2D eigenvalue weighted by Gasteiger charge is -2.19. The lowest BCUT2D eigenvalue weighted by atomic mass is 9.92. The summed E-state index contributed by atoms with van der Waals surface area (Å²) in [5.74, 6) is -0.172. The minimum atomic E-state index is -0.365. The number of nitrogens with one attached hydrogen (secondary N) is 3. The summed E-state index contributed by atoms with van der Waals surface area (Å²) in [6, 6.07) is 6.05. The van der Waals surface area contributed by atoms with Crippen LogP contribution in [0.5, 0.6) is 0 Å². The highest BCUT2D eigenvalue weighted by atomic mass is 35.5. The van der Waals surface area contributed by atoms with Crippen LogP contribution in [0.4, 0.5) is 5.69 Å². The topological polar surface area (TPSA) is 88.0 Å². The maximum absolute atomic E-state index is 12.2. The molecule has 0 bridgehead atoms. The smallest absolute Gasteiger partial charge is 0.235 e. The van der Waals surface area contributed by atoms with E-state index in [-0.39, 0.29) is 30.1 Å². The molecule has 2 fully saturated rings. The van der Waals surface area contributed by atoms with Crippen molar-refractivity contribution < 1.29 is 9.59 Å². The molecule has 2 atom stereocenters. The van der Waals surface area contributed by atoms with Crippen molar-refractivity contribution in [1.82, 2.24) is 20.4 Å². The second-order valence-electron chi connectivity index (χ2n) is 6.95. The Hall–Kier alpha value is -2.12. The molecule has 0 spiro atoms. The number of piperidine rings is 1. The van der Waals surface area contributed by atoms with Crippen LogP contribution in [-0.4, -0.2) is 41.2 Å². The van der Waals surface area contributed by atoms with Crippen LogP contribution in [0, 0.1) is 5.92 Å². The maximum Gasteiger partial charge on any atom is 0.235 e. The van der Waals surface area contributed by atoms with Gasteiger partial charge >= 0.3 is 0 Å². The molecule has 2 aliphatic heterocycles. The zero-order chi connectivity index (χ0) is 17.4. The lowest BCUT2D eigenvalue weighted by molar-refractivity contribution is -0.134. The van der Waals surface area contributed by atoms with Crippen LogP contribution >= 0.6 is 12.4 Å². The number of amides is 2. The number of rotatable bonds is 4. The Bertz CT molecular complexity index is 828. The number of anilines is 1. The van der Waals surface area contributed by atoms with Crippen molar-refractivity contribution in [2.75, 3.05) is 25.0 Å². The average molecular weight is 378 g/mol. The number of imide groups is 1. The number of aromatic nitrogens is 2. The van der Waals surface area contributed by atoms with Gasteiger partial charge in [0.05, 0.1) is 22.8 Å². The van der Waals surface area contributed by atoms with Crippen LogP contribution in [0.25, 0.3) is 10.9 Å². The molecule has 26 heavy (non-hydrogen) atoms. The number of nitrogens with zero attached hydrogens (tertiary/aromatic N) is 2. The van der Waals surface area contributed by atoms with Crippen molar-refractivity contribution in [1.29, 1.82) is 0 Å². The minimum Gasteiger partial charge on any atom is -0.383 e. The summed E-state index contributed by atoms with van der Waals surface area (Å²) in [6.45, 7) is 3.06. The Morgan fingerprint density at radius 3 is 2.88 bits per heavy atom. The first-order valence-electron chi connectivity index (χ1n) is 8.87. The molecule has 0 radical (unpaired) electrons. The van der Waals surface area contributed by atoms with E-state index in [2.05, 4.69) is 27.1 Å². The highest BCUT2D eigenvalue weighted by Gasteiger charge is 2.32. The highest BCUT2D eigenvalue weighted by Crippen LogP contribution is 2.33. The molecule has 2 aliphatic rings. The van der Waals surface area contributed by atoms with Crippen LogP contribution in [0.15, 0.2) is 18.2 Å². The fraction of sp³-hybridized carbons (Fsp3) is 0.500. The Balaban J connectivity index is 0.00000196. The van der Waals surface area contributed by atoms with Crippen molar-refractivity contribution in [3.8, 4) is 0 Å². The Kier molecular flexibility index (Phi) is 5.48. The van der Waals surface area contributed by atoms with E-state index in [1.165, 1.54) is 6.42 Å². The Morgan fingerprint density at radius 1 is 1.31 bits per heavy atom. The number of hydrogen-bond acceptors (Lipinski definition) is 5. The summed E-state index contributed by atoms with van der Waals surface area (Å²) >= 11 is 0. The zero-order valence-corrected chi connectivity index (χ0v) is 15.6. The molecule has 140 valence electrons. The molecule has 4 rings (SSSR count). The fourth-order valence-corrected chi connectivity index (χ4v) is 3.86. The van der Waals surface area contributed by atoms with E-state index < -0.39 is 0 Å². The van der Waals surface area contributed by atoms with E-state index in [9.17, 15) is 9.59 Å². The SMILES string of the molecule is Cl.Cn1nc(C2CCC(=O)NC2=O)c2cccc(NC[C@H]3CCNC3)c21.